The first kappa shape index (κ1) is 47.7. The standard InChI is InChI=1S/C10H8N3.2C6H18NSi2.2C4H8O.Fe.Na/c1-3-7-11-9(5-1)13-10-6-2-4-8-12-10;2*1-8(2,3)7-9(4,5)6;2*1-2-4-5-3-1;;/h1-8H;2*1-6H3;2*1-4H2;;/q3*-1;;;+2;+1/p+1. The Hall–Kier alpha value is 0.327. The summed E-state index contributed by atoms with van der Waals surface area (Å²) >= 11 is 0. The van der Waals surface area contributed by atoms with Gasteiger partial charge in [-0.2, -0.15) is 0 Å². The molecule has 0 spiro atoms. The van der Waals surface area contributed by atoms with Crippen LogP contribution in [0.15, 0.2) is 48.8 Å². The predicted octanol–water partition coefficient (Wildman–Crippen LogP) is 6.89. The first-order chi connectivity index (χ1) is 18.9. The Balaban J connectivity index is -0.000000480. The van der Waals surface area contributed by atoms with Crippen molar-refractivity contribution >= 4 is 44.6 Å². The number of H-pyrrole nitrogens is 1. The number of hydrogen-bond donors (Lipinski definition) is 0. The number of aromatic amines is 1. The molecule has 0 unspecified atom stereocenters. The van der Waals surface area contributed by atoms with E-state index in [9.17, 15) is 0 Å². The molecule has 0 aromatic carbocycles. The number of ether oxygens (including phenoxy) is 2. The smallest absolute Gasteiger partial charge is 0.668 e. The Bertz CT molecular complexity index is 775. The molecule has 2 aliphatic heterocycles. The normalized spacial score (nSPS) is 14.3. The van der Waals surface area contributed by atoms with E-state index in [0.29, 0.717) is 5.82 Å². The average molecular weight is 715 g/mol. The van der Waals surface area contributed by atoms with Crippen molar-refractivity contribution in [2.75, 3.05) is 26.4 Å². The Kier molecular flexibility index (Phi) is 28.2. The minimum atomic E-state index is -1.11. The van der Waals surface area contributed by atoms with E-state index >= 15 is 0 Å². The van der Waals surface area contributed by atoms with Crippen LogP contribution in [0.2, 0.25) is 78.6 Å². The zero-order chi connectivity index (χ0) is 31.4. The SMILES string of the molecule is C1CCOC1.C1CCOC1.C[Si](C)(C)[N-][Si](C)(C)C.C[Si](C)(C)[N-][Si](C)(C)C.[Fe+2].[Na+].c1ccc([N-]c2cccc[nH+]2)nc1. The van der Waals surface area contributed by atoms with Gasteiger partial charge in [0.2, 0.25) is 0 Å². The summed E-state index contributed by atoms with van der Waals surface area (Å²) in [6, 6.07) is 11.4. The largest absolute Gasteiger partial charge is 2.00 e. The molecule has 0 radical (unpaired) electrons. The first-order valence-corrected chi connectivity index (χ1v) is 28.9. The van der Waals surface area contributed by atoms with Crippen LogP contribution in [0.5, 0.6) is 0 Å². The molecule has 1 N–H and O–H groups in total. The van der Waals surface area contributed by atoms with E-state index in [1.54, 1.807) is 6.20 Å². The van der Waals surface area contributed by atoms with E-state index in [-0.39, 0.29) is 46.6 Å². The van der Waals surface area contributed by atoms with Crippen LogP contribution in [-0.4, -0.2) is 64.4 Å². The number of aromatic nitrogens is 2. The van der Waals surface area contributed by atoms with Crippen LogP contribution in [0.4, 0.5) is 11.6 Å². The van der Waals surface area contributed by atoms with Crippen LogP contribution >= 0.6 is 0 Å². The summed E-state index contributed by atoms with van der Waals surface area (Å²) in [5.41, 5.74) is 0. The second-order valence-electron chi connectivity index (χ2n) is 14.1. The summed E-state index contributed by atoms with van der Waals surface area (Å²) in [6.45, 7) is 31.6. The monoisotopic (exact) mass is 714 g/mol. The van der Waals surface area contributed by atoms with Gasteiger partial charge in [0.25, 0.3) is 0 Å². The second-order valence-corrected chi connectivity index (χ2v) is 33.2. The van der Waals surface area contributed by atoms with Crippen LogP contribution in [0.25, 0.3) is 14.6 Å². The fourth-order valence-corrected chi connectivity index (χ4v) is 20.1. The van der Waals surface area contributed by atoms with Crippen LogP contribution in [0.3, 0.4) is 0 Å². The van der Waals surface area contributed by atoms with E-state index in [1.807, 2.05) is 42.6 Å². The molecule has 4 heterocycles. The minimum absolute atomic E-state index is 0. The molecule has 4 rings (SSSR count). The molecular formula is C30H61FeN5NaO2Si4+. The Morgan fingerprint density at radius 2 is 1.00 bits per heavy atom. The maximum atomic E-state index is 4.94. The quantitative estimate of drug-likeness (QED) is 0.306. The summed E-state index contributed by atoms with van der Waals surface area (Å²) in [7, 11) is -4.42. The number of pyridine rings is 2. The van der Waals surface area contributed by atoms with Crippen molar-refractivity contribution in [1.82, 2.24) is 4.98 Å². The van der Waals surface area contributed by atoms with Gasteiger partial charge in [-0.25, -0.2) is 10.3 Å². The summed E-state index contributed by atoms with van der Waals surface area (Å²) in [4.78, 5) is 7.10. The van der Waals surface area contributed by atoms with Crippen LogP contribution in [0, 0.1) is 0 Å². The summed E-state index contributed by atoms with van der Waals surface area (Å²) in [5.74, 6) is 1.52. The van der Waals surface area contributed by atoms with Gasteiger partial charge in [0, 0.05) is 38.8 Å². The first-order valence-electron chi connectivity index (χ1n) is 15.1. The minimum Gasteiger partial charge on any atom is -0.668 e. The van der Waals surface area contributed by atoms with Crippen molar-refractivity contribution in [3.8, 4) is 0 Å². The summed E-state index contributed by atoms with van der Waals surface area (Å²) < 4.78 is 19.5. The third-order valence-electron chi connectivity index (χ3n) is 4.57. The van der Waals surface area contributed by atoms with Crippen molar-refractivity contribution < 1.29 is 61.1 Å². The van der Waals surface area contributed by atoms with Crippen LogP contribution < -0.4 is 34.5 Å². The Labute approximate surface area is 302 Å². The maximum Gasteiger partial charge on any atom is 2.00 e. The van der Waals surface area contributed by atoms with E-state index in [4.69, 9.17) is 18.8 Å². The molecule has 2 fully saturated rings. The van der Waals surface area contributed by atoms with E-state index < -0.39 is 32.9 Å². The Morgan fingerprint density at radius 1 is 0.605 bits per heavy atom. The molecule has 7 nitrogen and oxygen atoms in total. The molecule has 2 aliphatic rings. The van der Waals surface area contributed by atoms with Gasteiger partial charge < -0.3 is 23.8 Å². The van der Waals surface area contributed by atoms with Crippen LogP contribution in [-0.2, 0) is 26.5 Å². The van der Waals surface area contributed by atoms with Gasteiger partial charge in [0.1, 0.15) is 5.82 Å². The number of nitrogens with one attached hydrogen (secondary N) is 1. The fraction of sp³-hybridized carbons (Fsp3) is 0.667. The van der Waals surface area contributed by atoms with Gasteiger partial charge in [-0.15, -0.1) is 0 Å². The van der Waals surface area contributed by atoms with Gasteiger partial charge in [-0.3, -0.25) is 0 Å². The molecular weight excluding hydrogens is 654 g/mol. The molecule has 0 amide bonds. The van der Waals surface area contributed by atoms with Gasteiger partial charge in [-0.05, 0) is 49.9 Å². The average Bonchev–Trinajstić information content (AvgIpc) is 3.56. The van der Waals surface area contributed by atoms with E-state index in [0.717, 1.165) is 32.2 Å². The third-order valence-corrected chi connectivity index (χ3v) is 15.3. The number of rotatable bonds is 6. The molecule has 2 aromatic heterocycles. The third kappa shape index (κ3) is 38.4. The molecule has 2 saturated heterocycles. The van der Waals surface area contributed by atoms with Crippen molar-refractivity contribution in [2.45, 2.75) is 104 Å². The molecule has 13 heteroatoms. The molecule has 0 aliphatic carbocycles. The van der Waals surface area contributed by atoms with Gasteiger partial charge in [0.05, 0.1) is 0 Å². The summed E-state index contributed by atoms with van der Waals surface area (Å²) in [6.07, 6.45) is 8.67. The molecule has 0 bridgehead atoms. The zero-order valence-electron chi connectivity index (χ0n) is 29.7. The Morgan fingerprint density at radius 3 is 1.23 bits per heavy atom. The number of hydrogen-bond acceptors (Lipinski definition) is 3. The second kappa shape index (κ2) is 25.4. The number of nitrogens with zero attached hydrogens (tertiary/aromatic N) is 4. The van der Waals surface area contributed by atoms with Gasteiger partial charge in [0.15, 0.2) is 5.82 Å². The maximum absolute atomic E-state index is 4.94. The van der Waals surface area contributed by atoms with Crippen molar-refractivity contribution in [3.05, 3.63) is 63.4 Å². The zero-order valence-corrected chi connectivity index (χ0v) is 36.8. The van der Waals surface area contributed by atoms with Gasteiger partial charge >= 0.3 is 46.6 Å². The topological polar surface area (TPSA) is 87.8 Å². The molecule has 0 atom stereocenters. The van der Waals surface area contributed by atoms with E-state index in [2.05, 4.69) is 93.8 Å². The van der Waals surface area contributed by atoms with Crippen molar-refractivity contribution in [3.63, 3.8) is 0 Å². The molecule has 0 saturated carbocycles. The van der Waals surface area contributed by atoms with E-state index in [1.165, 1.54) is 25.7 Å². The predicted molar refractivity (Wildman–Crippen MR) is 190 cm³/mol. The van der Waals surface area contributed by atoms with Crippen LogP contribution in [0.1, 0.15) is 25.7 Å². The van der Waals surface area contributed by atoms with Gasteiger partial charge in [-0.1, -0.05) is 124 Å². The summed E-state index contributed by atoms with van der Waals surface area (Å²) in [5, 5.41) is 4.27. The fourth-order valence-electron chi connectivity index (χ4n) is 4.03. The molecule has 2 aromatic rings. The van der Waals surface area contributed by atoms with Crippen molar-refractivity contribution in [1.29, 1.82) is 0 Å². The van der Waals surface area contributed by atoms with Crippen molar-refractivity contribution in [2.24, 2.45) is 0 Å². The molecule has 43 heavy (non-hydrogen) atoms. The molecule has 242 valence electrons.